The first-order valence-corrected chi connectivity index (χ1v) is 10.4. The van der Waals surface area contributed by atoms with Crippen molar-refractivity contribution in [2.75, 3.05) is 6.61 Å². The van der Waals surface area contributed by atoms with Crippen LogP contribution in [0.3, 0.4) is 0 Å². The number of nitrogens with zero attached hydrogens (tertiary/aromatic N) is 2. The van der Waals surface area contributed by atoms with Gasteiger partial charge >= 0.3 is 0 Å². The fraction of sp³-hybridized carbons (Fsp3) is 0.400. The van der Waals surface area contributed by atoms with Gasteiger partial charge in [0.15, 0.2) is 0 Å². The van der Waals surface area contributed by atoms with Crippen LogP contribution in [-0.4, -0.2) is 24.2 Å². The molecule has 0 amide bonds. The van der Waals surface area contributed by atoms with E-state index < -0.39 is 8.07 Å². The van der Waals surface area contributed by atoms with Crippen molar-refractivity contribution in [3.63, 3.8) is 0 Å². The van der Waals surface area contributed by atoms with E-state index in [0.29, 0.717) is 6.73 Å². The minimum absolute atomic E-state index is 0.620. The molecule has 2 heterocycles. The quantitative estimate of drug-likeness (QED) is 0.591. The zero-order valence-corrected chi connectivity index (χ0v) is 13.0. The molecule has 102 valence electrons. The largest absolute Gasteiger partial charge is 0.361 e. The lowest BCUT2D eigenvalue weighted by Crippen LogP contribution is -2.22. The number of ether oxygens (including phenoxy) is 1. The fourth-order valence-electron chi connectivity index (χ4n) is 1.85. The van der Waals surface area contributed by atoms with Gasteiger partial charge in [-0.2, -0.15) is 0 Å². The Morgan fingerprint density at radius 1 is 1.16 bits per heavy atom. The summed E-state index contributed by atoms with van der Waals surface area (Å²) in [5.41, 5.74) is 2.35. The van der Waals surface area contributed by atoms with E-state index in [1.807, 2.05) is 24.5 Å². The Hall–Kier alpha value is -1.39. The van der Waals surface area contributed by atoms with E-state index in [2.05, 4.69) is 47.5 Å². The summed E-state index contributed by atoms with van der Waals surface area (Å²) in [7, 11) is -0.999. The molecule has 0 aliphatic rings. The average molecular weight is 274 g/mol. The molecule has 0 bridgehead atoms. The molecule has 0 aliphatic heterocycles. The van der Waals surface area contributed by atoms with E-state index in [4.69, 9.17) is 4.74 Å². The van der Waals surface area contributed by atoms with Gasteiger partial charge in [-0.3, -0.25) is 4.98 Å². The van der Waals surface area contributed by atoms with Crippen molar-refractivity contribution in [2.45, 2.75) is 32.4 Å². The van der Waals surface area contributed by atoms with Gasteiger partial charge in [0.25, 0.3) is 0 Å². The van der Waals surface area contributed by atoms with Crippen LogP contribution in [0.25, 0.3) is 11.3 Å². The van der Waals surface area contributed by atoms with Crippen molar-refractivity contribution in [2.24, 2.45) is 0 Å². The third-order valence-electron chi connectivity index (χ3n) is 3.03. The number of hydrogen-bond acceptors (Lipinski definition) is 2. The van der Waals surface area contributed by atoms with Gasteiger partial charge in [0.05, 0.1) is 5.69 Å². The first-order chi connectivity index (χ1) is 9.06. The summed E-state index contributed by atoms with van der Waals surface area (Å²) in [5.74, 6) is 0. The second-order valence-corrected chi connectivity index (χ2v) is 11.6. The van der Waals surface area contributed by atoms with Crippen LogP contribution >= 0.6 is 0 Å². The van der Waals surface area contributed by atoms with E-state index >= 15 is 0 Å². The predicted octanol–water partition coefficient (Wildman–Crippen LogP) is 3.86. The molecule has 2 aromatic rings. The molecule has 19 heavy (non-hydrogen) atoms. The van der Waals surface area contributed by atoms with Gasteiger partial charge in [0.2, 0.25) is 0 Å². The van der Waals surface area contributed by atoms with Gasteiger partial charge in [-0.05, 0) is 30.3 Å². The maximum atomic E-state index is 5.80. The summed E-state index contributed by atoms with van der Waals surface area (Å²) in [6.45, 7) is 8.58. The standard InChI is InChI=1S/C15H22N2OSi/c1-19(2,3)12-11-18-13-17-10-4-5-15(17)14-6-8-16-9-7-14/h4-10H,11-13H2,1-3H3. The molecule has 0 saturated heterocycles. The Kier molecular flexibility index (Phi) is 4.55. The maximum absolute atomic E-state index is 5.80. The van der Waals surface area contributed by atoms with Gasteiger partial charge in [-0.25, -0.2) is 0 Å². The SMILES string of the molecule is C[Si](C)(C)CCOCn1cccc1-c1ccncc1. The first-order valence-electron chi connectivity index (χ1n) is 6.69. The van der Waals surface area contributed by atoms with Gasteiger partial charge in [-0.1, -0.05) is 19.6 Å². The second kappa shape index (κ2) is 6.17. The smallest absolute Gasteiger partial charge is 0.122 e. The molecule has 0 aliphatic carbocycles. The number of rotatable bonds is 6. The van der Waals surface area contributed by atoms with E-state index in [0.717, 1.165) is 6.61 Å². The van der Waals surface area contributed by atoms with Crippen LogP contribution in [0, 0.1) is 0 Å². The minimum atomic E-state index is -0.999. The van der Waals surface area contributed by atoms with Crippen LogP contribution in [0.1, 0.15) is 0 Å². The van der Waals surface area contributed by atoms with Crippen molar-refractivity contribution in [3.05, 3.63) is 42.9 Å². The van der Waals surface area contributed by atoms with Crippen LogP contribution in [0.2, 0.25) is 25.7 Å². The molecule has 4 heteroatoms. The number of aromatic nitrogens is 2. The molecule has 0 aromatic carbocycles. The fourth-order valence-corrected chi connectivity index (χ4v) is 2.61. The highest BCUT2D eigenvalue weighted by Gasteiger charge is 2.12. The highest BCUT2D eigenvalue weighted by molar-refractivity contribution is 6.76. The highest BCUT2D eigenvalue weighted by atomic mass is 28.3. The molecule has 0 unspecified atom stereocenters. The molecule has 2 aromatic heterocycles. The third-order valence-corrected chi connectivity index (χ3v) is 4.74. The average Bonchev–Trinajstić information content (AvgIpc) is 2.83. The lowest BCUT2D eigenvalue weighted by Gasteiger charge is -2.16. The molecule has 0 radical (unpaired) electrons. The van der Waals surface area contributed by atoms with Gasteiger partial charge < -0.3 is 9.30 Å². The maximum Gasteiger partial charge on any atom is 0.122 e. The predicted molar refractivity (Wildman–Crippen MR) is 81.8 cm³/mol. The van der Waals surface area contributed by atoms with Crippen LogP contribution in [0.15, 0.2) is 42.9 Å². The molecule has 2 rings (SSSR count). The van der Waals surface area contributed by atoms with Crippen molar-refractivity contribution in [1.29, 1.82) is 0 Å². The Balaban J connectivity index is 1.94. The lowest BCUT2D eigenvalue weighted by atomic mass is 10.2. The Bertz CT molecular complexity index is 502. The molecule has 0 spiro atoms. The van der Waals surface area contributed by atoms with Crippen molar-refractivity contribution < 1.29 is 4.74 Å². The summed E-state index contributed by atoms with van der Waals surface area (Å²) < 4.78 is 7.94. The summed E-state index contributed by atoms with van der Waals surface area (Å²) in [6.07, 6.45) is 5.70. The third kappa shape index (κ3) is 4.33. The molecule has 0 saturated carbocycles. The Morgan fingerprint density at radius 2 is 1.89 bits per heavy atom. The van der Waals surface area contributed by atoms with E-state index in [1.54, 1.807) is 0 Å². The Morgan fingerprint density at radius 3 is 2.58 bits per heavy atom. The summed E-state index contributed by atoms with van der Waals surface area (Å²) in [4.78, 5) is 4.05. The minimum Gasteiger partial charge on any atom is -0.361 e. The number of hydrogen-bond donors (Lipinski definition) is 0. The molecule has 0 fully saturated rings. The van der Waals surface area contributed by atoms with Crippen LogP contribution < -0.4 is 0 Å². The molecular weight excluding hydrogens is 252 g/mol. The summed E-state index contributed by atoms with van der Waals surface area (Å²) in [6, 6.07) is 9.41. The summed E-state index contributed by atoms with van der Waals surface area (Å²) in [5, 5.41) is 0. The molecular formula is C15H22N2OSi. The van der Waals surface area contributed by atoms with E-state index in [9.17, 15) is 0 Å². The van der Waals surface area contributed by atoms with E-state index in [-0.39, 0.29) is 0 Å². The van der Waals surface area contributed by atoms with E-state index in [1.165, 1.54) is 17.3 Å². The second-order valence-electron chi connectivity index (χ2n) is 5.95. The number of pyridine rings is 1. The summed E-state index contributed by atoms with van der Waals surface area (Å²) >= 11 is 0. The normalized spacial score (nSPS) is 11.7. The van der Waals surface area contributed by atoms with Gasteiger partial charge in [-0.15, -0.1) is 0 Å². The van der Waals surface area contributed by atoms with Crippen LogP contribution in [0.5, 0.6) is 0 Å². The molecule has 3 nitrogen and oxygen atoms in total. The highest BCUT2D eigenvalue weighted by Crippen LogP contribution is 2.19. The van der Waals surface area contributed by atoms with Crippen LogP contribution in [0.4, 0.5) is 0 Å². The first kappa shape index (κ1) is 14.0. The van der Waals surface area contributed by atoms with Crippen LogP contribution in [-0.2, 0) is 11.5 Å². The van der Waals surface area contributed by atoms with Crippen molar-refractivity contribution >= 4 is 8.07 Å². The molecule has 0 N–H and O–H groups in total. The van der Waals surface area contributed by atoms with Crippen molar-refractivity contribution in [3.8, 4) is 11.3 Å². The Labute approximate surface area is 116 Å². The lowest BCUT2D eigenvalue weighted by molar-refractivity contribution is 0.0885. The van der Waals surface area contributed by atoms with Crippen molar-refractivity contribution in [1.82, 2.24) is 9.55 Å². The zero-order chi connectivity index (χ0) is 13.7. The molecule has 0 atom stereocenters. The van der Waals surface area contributed by atoms with Gasteiger partial charge in [0, 0.05) is 38.8 Å². The monoisotopic (exact) mass is 274 g/mol. The zero-order valence-electron chi connectivity index (χ0n) is 12.0. The van der Waals surface area contributed by atoms with Gasteiger partial charge in [0.1, 0.15) is 6.73 Å². The topological polar surface area (TPSA) is 27.1 Å².